The molecular weight excluding hydrogens is 178 g/mol. The van der Waals surface area contributed by atoms with Crippen LogP contribution in [0, 0.1) is 6.92 Å². The Morgan fingerprint density at radius 2 is 2.23 bits per heavy atom. The summed E-state index contributed by atoms with van der Waals surface area (Å²) in [6.45, 7) is 1.12. The maximum Gasteiger partial charge on any atom is 0.265 e. The van der Waals surface area contributed by atoms with E-state index in [9.17, 15) is 8.78 Å². The van der Waals surface area contributed by atoms with Crippen LogP contribution >= 0.6 is 0 Å². The van der Waals surface area contributed by atoms with Crippen molar-refractivity contribution in [2.24, 2.45) is 0 Å². The normalized spacial score (nSPS) is 10.8. The van der Waals surface area contributed by atoms with Crippen molar-refractivity contribution < 1.29 is 13.9 Å². The van der Waals surface area contributed by atoms with Gasteiger partial charge in [-0.25, -0.2) is 13.8 Å². The molecule has 0 saturated carbocycles. The minimum absolute atomic E-state index is 0.101. The van der Waals surface area contributed by atoms with E-state index in [4.69, 9.17) is 10.8 Å². The summed E-state index contributed by atoms with van der Waals surface area (Å²) in [4.78, 5) is 3.57. The summed E-state index contributed by atoms with van der Waals surface area (Å²) in [7, 11) is 0. The standard InChI is InChI=1S/C8H10F2N2O/c1-4-5(7(9)10)2-12-8(11)6(4)3-13/h2,7,13H,3H2,1H3,(H2,11,12). The summed E-state index contributed by atoms with van der Waals surface area (Å²) in [5, 5.41) is 8.84. The number of halogens is 2. The van der Waals surface area contributed by atoms with Crippen molar-refractivity contribution in [2.45, 2.75) is 20.0 Å². The Labute approximate surface area is 74.2 Å². The van der Waals surface area contributed by atoms with Crippen molar-refractivity contribution in [2.75, 3.05) is 5.73 Å². The lowest BCUT2D eigenvalue weighted by atomic mass is 10.1. The van der Waals surface area contributed by atoms with Crippen LogP contribution in [0.25, 0.3) is 0 Å². The molecule has 0 spiro atoms. The molecule has 3 N–H and O–H groups in total. The smallest absolute Gasteiger partial charge is 0.265 e. The Bertz CT molecular complexity index is 315. The van der Waals surface area contributed by atoms with Crippen LogP contribution < -0.4 is 5.73 Å². The summed E-state index contributed by atoms with van der Waals surface area (Å²) in [6.07, 6.45) is -1.55. The maximum atomic E-state index is 12.3. The van der Waals surface area contributed by atoms with Gasteiger partial charge >= 0.3 is 0 Å². The van der Waals surface area contributed by atoms with Gasteiger partial charge in [-0.2, -0.15) is 0 Å². The van der Waals surface area contributed by atoms with Gasteiger partial charge in [-0.3, -0.25) is 0 Å². The fourth-order valence-corrected chi connectivity index (χ4v) is 1.10. The molecular formula is C8H10F2N2O. The number of aromatic nitrogens is 1. The number of nitrogen functional groups attached to an aromatic ring is 1. The average Bonchev–Trinajstić information content (AvgIpc) is 2.04. The van der Waals surface area contributed by atoms with Crippen LogP contribution in [0.4, 0.5) is 14.6 Å². The number of hydrogen-bond acceptors (Lipinski definition) is 3. The van der Waals surface area contributed by atoms with Crippen LogP contribution in [0.3, 0.4) is 0 Å². The molecule has 0 saturated heterocycles. The number of nitrogens with zero attached hydrogens (tertiary/aromatic N) is 1. The number of rotatable bonds is 2. The topological polar surface area (TPSA) is 59.1 Å². The van der Waals surface area contributed by atoms with E-state index in [2.05, 4.69) is 4.98 Å². The number of pyridine rings is 1. The minimum Gasteiger partial charge on any atom is -0.392 e. The van der Waals surface area contributed by atoms with Crippen LogP contribution in [0.1, 0.15) is 23.1 Å². The molecule has 0 radical (unpaired) electrons. The first-order chi connectivity index (χ1) is 6.07. The van der Waals surface area contributed by atoms with E-state index in [0.717, 1.165) is 6.20 Å². The van der Waals surface area contributed by atoms with Gasteiger partial charge in [-0.15, -0.1) is 0 Å². The zero-order valence-electron chi connectivity index (χ0n) is 7.09. The maximum absolute atomic E-state index is 12.3. The highest BCUT2D eigenvalue weighted by Gasteiger charge is 2.15. The Balaban J connectivity index is 3.27. The van der Waals surface area contributed by atoms with Crippen LogP contribution in [0.5, 0.6) is 0 Å². The van der Waals surface area contributed by atoms with Crippen LogP contribution in [0.15, 0.2) is 6.20 Å². The number of hydrogen-bond donors (Lipinski definition) is 2. The van der Waals surface area contributed by atoms with Gasteiger partial charge in [0.15, 0.2) is 0 Å². The average molecular weight is 188 g/mol. The number of nitrogens with two attached hydrogens (primary N) is 1. The second-order valence-corrected chi connectivity index (χ2v) is 2.66. The van der Waals surface area contributed by atoms with Gasteiger partial charge in [0, 0.05) is 17.3 Å². The van der Waals surface area contributed by atoms with Gasteiger partial charge in [-0.1, -0.05) is 0 Å². The zero-order chi connectivity index (χ0) is 10.0. The Kier molecular flexibility index (Phi) is 2.77. The summed E-state index contributed by atoms with van der Waals surface area (Å²) in [6, 6.07) is 0. The molecule has 0 aliphatic heterocycles. The molecule has 1 aromatic heterocycles. The van der Waals surface area contributed by atoms with Gasteiger partial charge in [0.1, 0.15) is 5.82 Å². The molecule has 3 nitrogen and oxygen atoms in total. The van der Waals surface area contributed by atoms with Crippen molar-refractivity contribution >= 4 is 5.82 Å². The predicted molar refractivity (Wildman–Crippen MR) is 44.3 cm³/mol. The predicted octanol–water partition coefficient (Wildman–Crippen LogP) is 1.40. The molecule has 13 heavy (non-hydrogen) atoms. The van der Waals surface area contributed by atoms with E-state index < -0.39 is 6.43 Å². The number of alkyl halides is 2. The third-order valence-corrected chi connectivity index (χ3v) is 1.93. The molecule has 0 aliphatic rings. The van der Waals surface area contributed by atoms with Crippen molar-refractivity contribution in [3.8, 4) is 0 Å². The molecule has 0 unspecified atom stereocenters. The fourth-order valence-electron chi connectivity index (χ4n) is 1.10. The quantitative estimate of drug-likeness (QED) is 0.737. The van der Waals surface area contributed by atoms with E-state index in [1.54, 1.807) is 0 Å². The Morgan fingerprint density at radius 1 is 1.62 bits per heavy atom. The van der Waals surface area contributed by atoms with Crippen molar-refractivity contribution in [1.29, 1.82) is 0 Å². The lowest BCUT2D eigenvalue weighted by Crippen LogP contribution is -2.04. The highest BCUT2D eigenvalue weighted by molar-refractivity contribution is 5.47. The summed E-state index contributed by atoms with van der Waals surface area (Å²) in [5.41, 5.74) is 5.79. The van der Waals surface area contributed by atoms with Crippen LogP contribution in [-0.4, -0.2) is 10.1 Å². The SMILES string of the molecule is Cc1c(C(F)F)cnc(N)c1CO. The number of aliphatic hydroxyl groups excluding tert-OH is 1. The molecule has 0 atom stereocenters. The third-order valence-electron chi connectivity index (χ3n) is 1.93. The molecule has 0 bridgehead atoms. The molecule has 1 aromatic rings. The van der Waals surface area contributed by atoms with Crippen molar-refractivity contribution in [1.82, 2.24) is 4.98 Å². The highest BCUT2D eigenvalue weighted by atomic mass is 19.3. The van der Waals surface area contributed by atoms with E-state index in [0.29, 0.717) is 5.56 Å². The van der Waals surface area contributed by atoms with E-state index >= 15 is 0 Å². The fraction of sp³-hybridized carbons (Fsp3) is 0.375. The molecule has 0 fully saturated rings. The number of anilines is 1. The Hall–Kier alpha value is -1.23. The highest BCUT2D eigenvalue weighted by Crippen LogP contribution is 2.26. The lowest BCUT2D eigenvalue weighted by molar-refractivity contribution is 0.150. The molecule has 72 valence electrons. The molecule has 0 aliphatic carbocycles. The first-order valence-electron chi connectivity index (χ1n) is 3.70. The second-order valence-electron chi connectivity index (χ2n) is 2.66. The summed E-state index contributed by atoms with van der Waals surface area (Å²) in [5.74, 6) is 0.101. The molecule has 0 amide bonds. The summed E-state index contributed by atoms with van der Waals surface area (Å²) >= 11 is 0. The van der Waals surface area contributed by atoms with Gasteiger partial charge in [0.05, 0.1) is 6.61 Å². The van der Waals surface area contributed by atoms with E-state index in [1.165, 1.54) is 6.92 Å². The van der Waals surface area contributed by atoms with Gasteiger partial charge in [0.2, 0.25) is 0 Å². The lowest BCUT2D eigenvalue weighted by Gasteiger charge is -2.10. The van der Waals surface area contributed by atoms with Crippen LogP contribution in [-0.2, 0) is 6.61 Å². The third kappa shape index (κ3) is 1.75. The van der Waals surface area contributed by atoms with E-state index in [1.807, 2.05) is 0 Å². The van der Waals surface area contributed by atoms with Crippen LogP contribution in [0.2, 0.25) is 0 Å². The molecule has 1 rings (SSSR count). The second kappa shape index (κ2) is 3.66. The van der Waals surface area contributed by atoms with E-state index in [-0.39, 0.29) is 23.6 Å². The summed E-state index contributed by atoms with van der Waals surface area (Å²) < 4.78 is 24.6. The first kappa shape index (κ1) is 9.85. The molecule has 0 aromatic carbocycles. The molecule has 1 heterocycles. The van der Waals surface area contributed by atoms with Gasteiger partial charge in [0.25, 0.3) is 6.43 Å². The van der Waals surface area contributed by atoms with Gasteiger partial charge in [-0.05, 0) is 12.5 Å². The minimum atomic E-state index is -2.58. The first-order valence-corrected chi connectivity index (χ1v) is 3.70. The molecule has 5 heteroatoms. The van der Waals surface area contributed by atoms with Gasteiger partial charge < -0.3 is 10.8 Å². The van der Waals surface area contributed by atoms with Crippen molar-refractivity contribution in [3.63, 3.8) is 0 Å². The largest absolute Gasteiger partial charge is 0.392 e. The Morgan fingerprint density at radius 3 is 2.69 bits per heavy atom. The monoisotopic (exact) mass is 188 g/mol. The number of aliphatic hydroxyl groups is 1. The van der Waals surface area contributed by atoms with Crippen molar-refractivity contribution in [3.05, 3.63) is 22.9 Å². The zero-order valence-corrected chi connectivity index (χ0v) is 7.09.